The van der Waals surface area contributed by atoms with Crippen LogP contribution in [0.4, 0.5) is 0 Å². The molecule has 0 N–H and O–H groups in total. The van der Waals surface area contributed by atoms with Gasteiger partial charge in [0.2, 0.25) is 0 Å². The number of halogens is 2. The fraction of sp³-hybridized carbons (Fsp3) is 0.440. The third kappa shape index (κ3) is 6.70. The van der Waals surface area contributed by atoms with Crippen LogP contribution in [-0.2, 0) is 15.6 Å². The summed E-state index contributed by atoms with van der Waals surface area (Å²) in [6.45, 7) is 14.4. The van der Waals surface area contributed by atoms with E-state index in [1.807, 2.05) is 0 Å². The first-order chi connectivity index (χ1) is 26.0. The maximum absolute atomic E-state index is 8.93. The molecule has 2 atom stereocenters. The number of allylic oxidation sites excluding steroid dienone is 2. The second kappa shape index (κ2) is 15.4. The molecule has 0 bridgehead atoms. The topological polar surface area (TPSA) is 0 Å². The molecule has 4 aliphatic carbocycles. The van der Waals surface area contributed by atoms with E-state index in [1.54, 1.807) is 5.57 Å². The molecule has 4 aromatic carbocycles. The molecule has 0 amide bonds. The summed E-state index contributed by atoms with van der Waals surface area (Å²) in [5.74, 6) is 0.899. The Morgan fingerprint density at radius 2 is 1.20 bits per heavy atom. The molecular weight excluding hydrogens is 791 g/mol. The van der Waals surface area contributed by atoms with Crippen LogP contribution in [0.1, 0.15) is 144 Å². The second-order valence-electron chi connectivity index (χ2n) is 18.3. The van der Waals surface area contributed by atoms with Crippen LogP contribution in [0.5, 0.6) is 0 Å². The van der Waals surface area contributed by atoms with Gasteiger partial charge < -0.3 is 0 Å². The van der Waals surface area contributed by atoms with Crippen molar-refractivity contribution in [1.82, 2.24) is 0 Å². The molecule has 2 saturated carbocycles. The zero-order valence-corrected chi connectivity index (χ0v) is 38.7. The summed E-state index contributed by atoms with van der Waals surface area (Å²) >= 11 is -4.91. The number of rotatable bonds is 9. The molecular formula is C50H61Cl2SiZr. The SMILES string of the molecule is CCC1=Cc2c(-c3ccc(C4CCCCC4)cc3)cccc2[CH]1[Zr]([Cl])([Cl])([CH]1C(C2CCC(C)CC2)=Cc2c(-c3ccc(C(C)C)cc3)cccc21)[SiH](C)C. The van der Waals surface area contributed by atoms with Gasteiger partial charge in [-0.25, -0.2) is 0 Å². The Balaban J connectivity index is 1.27. The molecule has 4 aromatic rings. The summed E-state index contributed by atoms with van der Waals surface area (Å²) < 4.78 is 0.257. The molecule has 0 aliphatic heterocycles. The van der Waals surface area contributed by atoms with Gasteiger partial charge in [-0.05, 0) is 0 Å². The van der Waals surface area contributed by atoms with Gasteiger partial charge in [-0.1, -0.05) is 0 Å². The van der Waals surface area contributed by atoms with Crippen LogP contribution in [0, 0.1) is 11.8 Å². The Bertz CT molecular complexity index is 2060. The van der Waals surface area contributed by atoms with Crippen LogP contribution in [0.25, 0.3) is 34.4 Å². The molecule has 8 rings (SSSR count). The summed E-state index contributed by atoms with van der Waals surface area (Å²) in [6, 6.07) is 33.1. The zero-order chi connectivity index (χ0) is 37.8. The summed E-state index contributed by atoms with van der Waals surface area (Å²) in [4.78, 5) is 0. The summed E-state index contributed by atoms with van der Waals surface area (Å²) in [7, 11) is 17.9. The third-order valence-corrected chi connectivity index (χ3v) is 66.3. The van der Waals surface area contributed by atoms with Crippen LogP contribution >= 0.6 is 17.0 Å². The van der Waals surface area contributed by atoms with Gasteiger partial charge >= 0.3 is 338 Å². The van der Waals surface area contributed by atoms with E-state index in [0.717, 1.165) is 12.3 Å². The first-order valence-electron chi connectivity index (χ1n) is 21.4. The van der Waals surface area contributed by atoms with Gasteiger partial charge in [0, 0.05) is 0 Å². The van der Waals surface area contributed by atoms with Gasteiger partial charge in [-0.2, -0.15) is 0 Å². The van der Waals surface area contributed by atoms with Crippen molar-refractivity contribution < 1.29 is 15.6 Å². The van der Waals surface area contributed by atoms with E-state index in [-0.39, 0.29) is 7.25 Å². The molecule has 2 fully saturated rings. The molecule has 283 valence electrons. The fourth-order valence-corrected chi connectivity index (χ4v) is 42.6. The molecule has 0 heterocycles. The van der Waals surface area contributed by atoms with Gasteiger partial charge in [0.15, 0.2) is 0 Å². The first-order valence-corrected chi connectivity index (χ1v) is 37.8. The number of hydrogen-bond donors (Lipinski definition) is 0. The predicted molar refractivity (Wildman–Crippen MR) is 237 cm³/mol. The molecule has 0 radical (unpaired) electrons. The molecule has 4 heteroatoms. The van der Waals surface area contributed by atoms with Crippen LogP contribution in [0.15, 0.2) is 96.1 Å². The van der Waals surface area contributed by atoms with Crippen molar-refractivity contribution in [3.8, 4) is 22.3 Å². The van der Waals surface area contributed by atoms with Crippen molar-refractivity contribution in [2.45, 2.75) is 124 Å². The van der Waals surface area contributed by atoms with Crippen LogP contribution < -0.4 is 0 Å². The van der Waals surface area contributed by atoms with Crippen LogP contribution in [-0.4, -0.2) is 5.92 Å². The molecule has 0 aromatic heterocycles. The third-order valence-electron chi connectivity index (χ3n) is 14.5. The molecule has 0 saturated heterocycles. The monoisotopic (exact) mass is 849 g/mol. The quantitative estimate of drug-likeness (QED) is 0.147. The molecule has 54 heavy (non-hydrogen) atoms. The summed E-state index contributed by atoms with van der Waals surface area (Å²) in [5.41, 5.74) is 16.8. The molecule has 0 nitrogen and oxygen atoms in total. The van der Waals surface area contributed by atoms with Crippen LogP contribution in [0.2, 0.25) is 13.1 Å². The van der Waals surface area contributed by atoms with E-state index in [4.69, 9.17) is 17.0 Å². The van der Waals surface area contributed by atoms with Crippen molar-refractivity contribution in [3.05, 3.63) is 129 Å². The van der Waals surface area contributed by atoms with E-state index >= 15 is 0 Å². The van der Waals surface area contributed by atoms with Crippen molar-refractivity contribution in [1.29, 1.82) is 0 Å². The Kier molecular flexibility index (Phi) is 11.1. The minimum absolute atomic E-state index is 0.124. The summed E-state index contributed by atoms with van der Waals surface area (Å²) in [5, 5.41) is 0. The van der Waals surface area contributed by atoms with E-state index in [1.165, 1.54) is 119 Å². The van der Waals surface area contributed by atoms with Gasteiger partial charge in [-0.15, -0.1) is 0 Å². The standard InChI is InChI=1S/C25H29.C23H25.C2H7Si.2ClH.Zr/c1-17(2)19-11-13-21(14-12-19)24-6-4-5-22-15-23(16-25(22)24)20-9-7-18(3)8-10-20;1-2-17-15-21-9-6-10-22(23(21)16-17)20-13-11-19(12-14-20)18-7-4-3-5-8-18;1-3-2;;;/h4-6,11-18,20H,7-10H2,1-3H3;6,9-16,18H,2-5,7-8H2,1H3;3H,1-2H3;2*1H;/q;;;;;+2/p-2. The number of fused-ring (bicyclic) bond motifs is 2. The first kappa shape index (κ1) is 38.9. The number of hydrogen-bond acceptors (Lipinski definition) is 0. The van der Waals surface area contributed by atoms with Gasteiger partial charge in [0.1, 0.15) is 0 Å². The van der Waals surface area contributed by atoms with E-state index in [9.17, 15) is 0 Å². The van der Waals surface area contributed by atoms with E-state index in [0.29, 0.717) is 17.8 Å². The van der Waals surface area contributed by atoms with Crippen molar-refractivity contribution in [2.75, 3.05) is 0 Å². The number of benzene rings is 4. The Morgan fingerprint density at radius 1 is 0.648 bits per heavy atom. The Labute approximate surface area is 335 Å². The normalized spacial score (nSPS) is 23.9. The maximum atomic E-state index is 8.93. The van der Waals surface area contributed by atoms with Gasteiger partial charge in [0.25, 0.3) is 0 Å². The molecule has 0 spiro atoms. The Hall–Kier alpha value is -1.96. The molecule has 4 aliphatic rings. The fourth-order valence-electron chi connectivity index (χ4n) is 11.2. The predicted octanol–water partition coefficient (Wildman–Crippen LogP) is 16.0. The van der Waals surface area contributed by atoms with Crippen molar-refractivity contribution in [3.63, 3.8) is 0 Å². The van der Waals surface area contributed by atoms with Gasteiger partial charge in [0.05, 0.1) is 0 Å². The summed E-state index contributed by atoms with van der Waals surface area (Å²) in [6.07, 6.45) is 18.0. The van der Waals surface area contributed by atoms with Crippen LogP contribution in [0.3, 0.4) is 0 Å². The van der Waals surface area contributed by atoms with E-state index < -0.39 is 21.5 Å². The zero-order valence-electron chi connectivity index (χ0n) is 33.6. The average Bonchev–Trinajstić information content (AvgIpc) is 3.79. The van der Waals surface area contributed by atoms with Gasteiger partial charge in [-0.3, -0.25) is 0 Å². The average molecular weight is 852 g/mol. The van der Waals surface area contributed by atoms with E-state index in [2.05, 4.69) is 138 Å². The molecule has 2 unspecified atom stereocenters. The Morgan fingerprint density at radius 3 is 1.76 bits per heavy atom. The minimum atomic E-state index is -4.91. The van der Waals surface area contributed by atoms with Crippen molar-refractivity contribution >= 4 is 35.1 Å². The van der Waals surface area contributed by atoms with Crippen molar-refractivity contribution in [2.24, 2.45) is 11.8 Å². The second-order valence-corrected chi connectivity index (χ2v) is 60.8.